The number of halogens is 2. The van der Waals surface area contributed by atoms with Crippen molar-refractivity contribution in [3.63, 3.8) is 0 Å². The van der Waals surface area contributed by atoms with Crippen molar-refractivity contribution in [2.24, 2.45) is 0 Å². The number of amides is 1. The van der Waals surface area contributed by atoms with Gasteiger partial charge in [0.2, 0.25) is 5.91 Å². The molecule has 0 aromatic heterocycles. The topological polar surface area (TPSA) is 59.6 Å². The number of methoxy groups -OCH3 is 2. The molecule has 0 saturated heterocycles. The molecule has 0 aliphatic rings. The Morgan fingerprint density at radius 3 is 2.74 bits per heavy atom. The zero-order valence-corrected chi connectivity index (χ0v) is 13.3. The largest absolute Gasteiger partial charge is 0.495 e. The molecule has 108 valence electrons. The van der Waals surface area contributed by atoms with E-state index in [0.717, 1.165) is 4.47 Å². The fraction of sp³-hybridized carbons (Fsp3) is 0.417. The van der Waals surface area contributed by atoms with Gasteiger partial charge in [0, 0.05) is 18.1 Å². The Morgan fingerprint density at radius 2 is 2.11 bits per heavy atom. The maximum Gasteiger partial charge on any atom is 0.238 e. The number of carbonyl (C=O) groups is 1. The summed E-state index contributed by atoms with van der Waals surface area (Å²) in [6.45, 7) is 1.45. The van der Waals surface area contributed by atoms with E-state index in [1.807, 2.05) is 6.07 Å². The van der Waals surface area contributed by atoms with Gasteiger partial charge in [0.1, 0.15) is 5.75 Å². The lowest BCUT2D eigenvalue weighted by Crippen LogP contribution is -2.30. The van der Waals surface area contributed by atoms with Crippen molar-refractivity contribution < 1.29 is 14.3 Å². The highest BCUT2D eigenvalue weighted by Gasteiger charge is 2.07. The molecule has 0 aliphatic heterocycles. The van der Waals surface area contributed by atoms with E-state index in [9.17, 15) is 4.79 Å². The molecule has 0 unspecified atom stereocenters. The van der Waals surface area contributed by atoms with Crippen molar-refractivity contribution in [1.29, 1.82) is 0 Å². The molecule has 1 aromatic carbocycles. The lowest BCUT2D eigenvalue weighted by Gasteiger charge is -2.11. The molecule has 1 aromatic rings. The quantitative estimate of drug-likeness (QED) is 0.737. The van der Waals surface area contributed by atoms with Crippen molar-refractivity contribution in [2.75, 3.05) is 39.2 Å². The van der Waals surface area contributed by atoms with E-state index < -0.39 is 0 Å². The first-order chi connectivity index (χ1) is 8.67. The highest BCUT2D eigenvalue weighted by molar-refractivity contribution is 9.10. The van der Waals surface area contributed by atoms with E-state index in [4.69, 9.17) is 9.47 Å². The molecule has 1 rings (SSSR count). The summed E-state index contributed by atoms with van der Waals surface area (Å²) in [6.07, 6.45) is 0. The van der Waals surface area contributed by atoms with Crippen LogP contribution >= 0.6 is 28.3 Å². The van der Waals surface area contributed by atoms with Crippen molar-refractivity contribution >= 4 is 39.9 Å². The third-order valence-corrected chi connectivity index (χ3v) is 2.70. The van der Waals surface area contributed by atoms with Crippen molar-refractivity contribution in [1.82, 2.24) is 5.32 Å². The van der Waals surface area contributed by atoms with Gasteiger partial charge in [-0.2, -0.15) is 0 Å². The number of carbonyl (C=O) groups excluding carboxylic acids is 1. The summed E-state index contributed by atoms with van der Waals surface area (Å²) in [5, 5.41) is 5.75. The van der Waals surface area contributed by atoms with Crippen LogP contribution in [0.3, 0.4) is 0 Å². The van der Waals surface area contributed by atoms with Gasteiger partial charge in [-0.05, 0) is 18.2 Å². The fourth-order valence-electron chi connectivity index (χ4n) is 1.35. The second kappa shape index (κ2) is 10.0. The molecule has 19 heavy (non-hydrogen) atoms. The molecule has 0 aliphatic carbocycles. The van der Waals surface area contributed by atoms with Gasteiger partial charge in [-0.3, -0.25) is 4.79 Å². The van der Waals surface area contributed by atoms with E-state index in [-0.39, 0.29) is 24.9 Å². The average Bonchev–Trinajstić information content (AvgIpc) is 2.35. The number of nitrogens with one attached hydrogen (secondary N) is 2. The van der Waals surface area contributed by atoms with Crippen LogP contribution in [0.25, 0.3) is 0 Å². The van der Waals surface area contributed by atoms with E-state index in [2.05, 4.69) is 26.6 Å². The van der Waals surface area contributed by atoms with Crippen molar-refractivity contribution in [3.05, 3.63) is 22.7 Å². The third-order valence-electron chi connectivity index (χ3n) is 2.20. The summed E-state index contributed by atoms with van der Waals surface area (Å²) in [7, 11) is 3.18. The van der Waals surface area contributed by atoms with Gasteiger partial charge < -0.3 is 20.1 Å². The Kier molecular flexibility index (Phi) is 9.59. The summed E-state index contributed by atoms with van der Waals surface area (Å²) >= 11 is 3.35. The standard InChI is InChI=1S/C12H17BrN2O3.ClH/c1-17-6-5-14-8-12(16)15-10-7-9(13)3-4-11(10)18-2;/h3-4,7,14H,5-6,8H2,1-2H3,(H,15,16);1H. The minimum absolute atomic E-state index is 0. The number of benzene rings is 1. The summed E-state index contributed by atoms with van der Waals surface area (Å²) in [4.78, 5) is 11.7. The van der Waals surface area contributed by atoms with Crippen molar-refractivity contribution in [2.45, 2.75) is 0 Å². The average molecular weight is 354 g/mol. The SMILES string of the molecule is COCCNCC(=O)Nc1cc(Br)ccc1OC.Cl. The first kappa shape index (κ1) is 18.2. The number of hydrogen-bond acceptors (Lipinski definition) is 4. The predicted octanol–water partition coefficient (Wildman–Crippen LogP) is 2.05. The molecule has 7 heteroatoms. The minimum Gasteiger partial charge on any atom is -0.495 e. The Morgan fingerprint density at radius 1 is 1.37 bits per heavy atom. The maximum absolute atomic E-state index is 11.7. The maximum atomic E-state index is 11.7. The monoisotopic (exact) mass is 352 g/mol. The molecule has 2 N–H and O–H groups in total. The summed E-state index contributed by atoms with van der Waals surface area (Å²) in [5.74, 6) is 0.506. The lowest BCUT2D eigenvalue weighted by molar-refractivity contribution is -0.115. The van der Waals surface area contributed by atoms with Crippen LogP contribution in [0.4, 0.5) is 5.69 Å². The van der Waals surface area contributed by atoms with Gasteiger partial charge in [-0.1, -0.05) is 15.9 Å². The first-order valence-electron chi connectivity index (χ1n) is 5.50. The Hall–Kier alpha value is -0.820. The number of anilines is 1. The smallest absolute Gasteiger partial charge is 0.238 e. The minimum atomic E-state index is -0.123. The van der Waals surface area contributed by atoms with Crippen molar-refractivity contribution in [3.8, 4) is 5.75 Å². The fourth-order valence-corrected chi connectivity index (χ4v) is 1.71. The Labute approximate surface area is 127 Å². The molecule has 0 spiro atoms. The van der Waals surface area contributed by atoms with Gasteiger partial charge >= 0.3 is 0 Å². The normalized spacial score (nSPS) is 9.63. The summed E-state index contributed by atoms with van der Waals surface area (Å²) < 4.78 is 10.9. The van der Waals surface area contributed by atoms with Gasteiger partial charge in [0.05, 0.1) is 25.9 Å². The molecule has 5 nitrogen and oxygen atoms in total. The summed E-state index contributed by atoms with van der Waals surface area (Å²) in [5.41, 5.74) is 0.644. The van der Waals surface area contributed by atoms with Gasteiger partial charge in [0.15, 0.2) is 0 Å². The molecule has 1 amide bonds. The number of hydrogen-bond donors (Lipinski definition) is 2. The highest BCUT2D eigenvalue weighted by Crippen LogP contribution is 2.27. The number of ether oxygens (including phenoxy) is 2. The van der Waals surface area contributed by atoms with Gasteiger partial charge in [-0.15, -0.1) is 12.4 Å². The predicted molar refractivity (Wildman–Crippen MR) is 81.3 cm³/mol. The highest BCUT2D eigenvalue weighted by atomic mass is 79.9. The Bertz CT molecular complexity index is 405. The Balaban J connectivity index is 0.00000324. The molecule has 0 radical (unpaired) electrons. The van der Waals surface area contributed by atoms with Crippen LogP contribution in [-0.2, 0) is 9.53 Å². The van der Waals surface area contributed by atoms with Crippen LogP contribution in [0.5, 0.6) is 5.75 Å². The second-order valence-corrected chi connectivity index (χ2v) is 4.48. The van der Waals surface area contributed by atoms with E-state index in [1.54, 1.807) is 26.4 Å². The van der Waals surface area contributed by atoms with Crippen LogP contribution in [0.2, 0.25) is 0 Å². The van der Waals surface area contributed by atoms with Crippen LogP contribution in [0, 0.1) is 0 Å². The van der Waals surface area contributed by atoms with E-state index in [0.29, 0.717) is 24.6 Å². The van der Waals surface area contributed by atoms with Gasteiger partial charge in [0.25, 0.3) is 0 Å². The molecular weight excluding hydrogens is 336 g/mol. The first-order valence-corrected chi connectivity index (χ1v) is 6.29. The molecule has 0 fully saturated rings. The lowest BCUT2D eigenvalue weighted by atomic mass is 10.3. The van der Waals surface area contributed by atoms with E-state index in [1.165, 1.54) is 0 Å². The molecule has 0 bridgehead atoms. The molecule has 0 atom stereocenters. The van der Waals surface area contributed by atoms with Crippen LogP contribution in [0.1, 0.15) is 0 Å². The second-order valence-electron chi connectivity index (χ2n) is 3.56. The van der Waals surface area contributed by atoms with Gasteiger partial charge in [-0.25, -0.2) is 0 Å². The van der Waals surface area contributed by atoms with E-state index >= 15 is 0 Å². The number of rotatable bonds is 7. The zero-order valence-electron chi connectivity index (χ0n) is 10.9. The molecule has 0 saturated carbocycles. The molecule has 0 heterocycles. The van der Waals surface area contributed by atoms with Crippen LogP contribution in [-0.4, -0.2) is 39.8 Å². The van der Waals surface area contributed by atoms with Crippen LogP contribution in [0.15, 0.2) is 22.7 Å². The zero-order chi connectivity index (χ0) is 13.4. The third kappa shape index (κ3) is 6.77. The van der Waals surface area contributed by atoms with Crippen LogP contribution < -0.4 is 15.4 Å². The molecular formula is C12H18BrClN2O3. The summed E-state index contributed by atoms with van der Waals surface area (Å²) in [6, 6.07) is 5.44.